The molecule has 0 aromatic rings. The van der Waals surface area contributed by atoms with Crippen LogP contribution < -0.4 is 0 Å². The summed E-state index contributed by atoms with van der Waals surface area (Å²) < 4.78 is 11.6. The summed E-state index contributed by atoms with van der Waals surface area (Å²) in [6, 6.07) is 0. The Kier molecular flexibility index (Phi) is 4.65. The van der Waals surface area contributed by atoms with Crippen LogP contribution in [-0.2, 0) is 9.47 Å². The first kappa shape index (κ1) is 20.2. The molecule has 4 heteroatoms. The summed E-state index contributed by atoms with van der Waals surface area (Å²) in [5, 5.41) is 21.4. The van der Waals surface area contributed by atoms with Crippen LogP contribution in [0, 0.1) is 28.6 Å². The number of hydrogen-bond acceptors (Lipinski definition) is 4. The van der Waals surface area contributed by atoms with Crippen molar-refractivity contribution in [2.24, 2.45) is 28.6 Å². The lowest BCUT2D eigenvalue weighted by Gasteiger charge is -2.54. The second-order valence-corrected chi connectivity index (χ2v) is 10.8. The van der Waals surface area contributed by atoms with Crippen molar-refractivity contribution in [1.29, 1.82) is 0 Å². The van der Waals surface area contributed by atoms with Gasteiger partial charge in [-0.05, 0) is 69.1 Å². The van der Waals surface area contributed by atoms with Gasteiger partial charge < -0.3 is 19.7 Å². The van der Waals surface area contributed by atoms with Gasteiger partial charge in [0.15, 0.2) is 5.79 Å². The van der Waals surface area contributed by atoms with Gasteiger partial charge in [0.05, 0.1) is 12.2 Å². The second kappa shape index (κ2) is 6.66. The lowest BCUT2D eigenvalue weighted by atomic mass is 9.52. The fourth-order valence-electron chi connectivity index (χ4n) is 8.30. The van der Waals surface area contributed by atoms with E-state index in [4.69, 9.17) is 9.47 Å². The summed E-state index contributed by atoms with van der Waals surface area (Å²) >= 11 is 0. The van der Waals surface area contributed by atoms with Crippen LogP contribution in [0.25, 0.3) is 0 Å². The number of hydrogen-bond donors (Lipinski definition) is 2. The van der Waals surface area contributed by atoms with Crippen LogP contribution in [0.3, 0.4) is 0 Å². The van der Waals surface area contributed by atoms with E-state index < -0.39 is 11.4 Å². The zero-order chi connectivity index (χ0) is 20.5. The van der Waals surface area contributed by atoms with Gasteiger partial charge in [-0.25, -0.2) is 0 Å². The molecule has 0 amide bonds. The highest BCUT2D eigenvalue weighted by molar-refractivity contribution is 5.34. The van der Waals surface area contributed by atoms with Crippen LogP contribution >= 0.6 is 0 Å². The summed E-state index contributed by atoms with van der Waals surface area (Å²) in [4.78, 5) is 0. The van der Waals surface area contributed by atoms with Crippen molar-refractivity contribution in [3.05, 3.63) is 23.3 Å². The normalized spacial score (nSPS) is 44.7. The van der Waals surface area contributed by atoms with E-state index in [1.54, 1.807) is 31.4 Å². The molecule has 5 rings (SSSR count). The molecule has 5 atom stereocenters. The first-order valence-electron chi connectivity index (χ1n) is 11.7. The van der Waals surface area contributed by atoms with Gasteiger partial charge in [0.2, 0.25) is 0 Å². The Morgan fingerprint density at radius 1 is 1.07 bits per heavy atom. The molecule has 29 heavy (non-hydrogen) atoms. The van der Waals surface area contributed by atoms with E-state index in [0.717, 1.165) is 44.9 Å². The highest BCUT2D eigenvalue weighted by atomic mass is 16.7. The Bertz CT molecular complexity index is 731. The predicted molar refractivity (Wildman–Crippen MR) is 112 cm³/mol. The van der Waals surface area contributed by atoms with E-state index in [1.165, 1.54) is 19.3 Å². The van der Waals surface area contributed by atoms with Gasteiger partial charge in [-0.3, -0.25) is 0 Å². The number of rotatable bonds is 4. The molecular weight excluding hydrogens is 364 g/mol. The van der Waals surface area contributed by atoms with Gasteiger partial charge >= 0.3 is 0 Å². The highest BCUT2D eigenvalue weighted by Crippen LogP contribution is 2.76. The SMILES string of the molecule is COC1(OC)CCC2=C(CCC3C2CCC2(C)C3CC3(CC3)[C@@]2(O)/C=C\CO)C1. The first-order valence-corrected chi connectivity index (χ1v) is 11.7. The molecule has 0 aromatic carbocycles. The van der Waals surface area contributed by atoms with Crippen molar-refractivity contribution in [2.75, 3.05) is 20.8 Å². The summed E-state index contributed by atoms with van der Waals surface area (Å²) in [6.07, 6.45) is 14.9. The van der Waals surface area contributed by atoms with Crippen LogP contribution in [0.2, 0.25) is 0 Å². The Morgan fingerprint density at radius 3 is 2.48 bits per heavy atom. The molecular formula is C25H38O4. The fourth-order valence-corrected chi connectivity index (χ4v) is 8.30. The molecule has 0 aromatic heterocycles. The molecule has 0 radical (unpaired) electrons. The maximum Gasteiger partial charge on any atom is 0.171 e. The van der Waals surface area contributed by atoms with E-state index in [2.05, 4.69) is 6.92 Å². The molecule has 2 N–H and O–H groups in total. The maximum absolute atomic E-state index is 12.0. The third-order valence-corrected chi connectivity index (χ3v) is 10.1. The van der Waals surface area contributed by atoms with Crippen LogP contribution in [0.5, 0.6) is 0 Å². The molecule has 3 fully saturated rings. The largest absolute Gasteiger partial charge is 0.392 e. The van der Waals surface area contributed by atoms with Crippen molar-refractivity contribution in [2.45, 2.75) is 82.5 Å². The summed E-state index contributed by atoms with van der Waals surface area (Å²) in [5.41, 5.74) is 2.56. The van der Waals surface area contributed by atoms with Crippen molar-refractivity contribution in [1.82, 2.24) is 0 Å². The maximum atomic E-state index is 12.0. The van der Waals surface area contributed by atoms with Gasteiger partial charge in [-0.1, -0.05) is 30.2 Å². The molecule has 0 saturated heterocycles. The number of allylic oxidation sites excluding steroid dienone is 1. The van der Waals surface area contributed by atoms with Gasteiger partial charge in [-0.2, -0.15) is 0 Å². The third kappa shape index (κ3) is 2.58. The van der Waals surface area contributed by atoms with Gasteiger partial charge in [0.25, 0.3) is 0 Å². The number of ether oxygens (including phenoxy) is 2. The highest BCUT2D eigenvalue weighted by Gasteiger charge is 2.74. The average Bonchev–Trinajstić information content (AvgIpc) is 3.50. The van der Waals surface area contributed by atoms with Crippen molar-refractivity contribution in [3.8, 4) is 0 Å². The molecule has 162 valence electrons. The van der Waals surface area contributed by atoms with Crippen LogP contribution in [0.4, 0.5) is 0 Å². The monoisotopic (exact) mass is 402 g/mol. The summed E-state index contributed by atoms with van der Waals surface area (Å²) in [6.45, 7) is 2.37. The number of aliphatic hydroxyl groups is 2. The molecule has 0 aliphatic heterocycles. The lowest BCUT2D eigenvalue weighted by Crippen LogP contribution is -2.53. The van der Waals surface area contributed by atoms with Gasteiger partial charge in [-0.15, -0.1) is 0 Å². The molecule has 1 spiro atoms. The molecule has 5 aliphatic carbocycles. The number of aliphatic hydroxyl groups excluding tert-OH is 1. The van der Waals surface area contributed by atoms with Gasteiger partial charge in [0.1, 0.15) is 0 Å². The number of fused-ring (bicyclic) bond motifs is 4. The van der Waals surface area contributed by atoms with E-state index in [1.807, 2.05) is 6.08 Å². The van der Waals surface area contributed by atoms with Gasteiger partial charge in [0, 0.05) is 37.9 Å². The van der Waals surface area contributed by atoms with E-state index in [9.17, 15) is 10.2 Å². The summed E-state index contributed by atoms with van der Waals surface area (Å²) in [5.74, 6) is 1.54. The molecule has 0 bridgehead atoms. The second-order valence-electron chi connectivity index (χ2n) is 10.8. The minimum atomic E-state index is -0.749. The minimum Gasteiger partial charge on any atom is -0.392 e. The predicted octanol–water partition coefficient (Wildman–Crippen LogP) is 4.36. The molecule has 4 unspecified atom stereocenters. The standard InChI is InChI=1S/C25H38O4/c1-22-10-7-19-18-8-11-24(28-2,29-3)15-17(18)5-6-20(19)21(22)16-23(12-13-23)25(22,27)9-4-14-26/h4,9,19-21,26-27H,5-8,10-16H2,1-3H3/b9-4-/t19?,20?,21?,22?,25-/m1/s1. The zero-order valence-electron chi connectivity index (χ0n) is 18.4. The van der Waals surface area contributed by atoms with Crippen molar-refractivity contribution in [3.63, 3.8) is 0 Å². The Hall–Kier alpha value is -0.680. The summed E-state index contributed by atoms with van der Waals surface area (Å²) in [7, 11) is 3.56. The first-order chi connectivity index (χ1) is 13.9. The van der Waals surface area contributed by atoms with Crippen molar-refractivity contribution < 1.29 is 19.7 Å². The topological polar surface area (TPSA) is 58.9 Å². The molecule has 3 saturated carbocycles. The number of methoxy groups -OCH3 is 2. The molecule has 5 aliphatic rings. The quantitative estimate of drug-likeness (QED) is 0.542. The smallest absolute Gasteiger partial charge is 0.171 e. The van der Waals surface area contributed by atoms with Crippen LogP contribution in [0.15, 0.2) is 23.3 Å². The van der Waals surface area contributed by atoms with Crippen LogP contribution in [-0.4, -0.2) is 42.4 Å². The molecule has 4 nitrogen and oxygen atoms in total. The Morgan fingerprint density at radius 2 is 1.83 bits per heavy atom. The lowest BCUT2D eigenvalue weighted by molar-refractivity contribution is -0.213. The molecule has 0 heterocycles. The third-order valence-electron chi connectivity index (χ3n) is 10.1. The average molecular weight is 403 g/mol. The van der Waals surface area contributed by atoms with Crippen molar-refractivity contribution >= 4 is 0 Å². The Balaban J connectivity index is 1.46. The van der Waals surface area contributed by atoms with E-state index >= 15 is 0 Å². The van der Waals surface area contributed by atoms with E-state index in [-0.39, 0.29) is 17.4 Å². The Labute approximate surface area is 175 Å². The minimum absolute atomic E-state index is 0.0161. The fraction of sp³-hybridized carbons (Fsp3) is 0.840. The zero-order valence-corrected chi connectivity index (χ0v) is 18.4. The van der Waals surface area contributed by atoms with E-state index in [0.29, 0.717) is 17.8 Å². The van der Waals surface area contributed by atoms with Crippen LogP contribution in [0.1, 0.15) is 71.1 Å².